The predicted molar refractivity (Wildman–Crippen MR) is 101 cm³/mol. The minimum atomic E-state index is -0.245. The Hall–Kier alpha value is -3.29. The van der Waals surface area contributed by atoms with Crippen LogP contribution in [0.25, 0.3) is 0 Å². The highest BCUT2D eigenvalue weighted by atomic mass is 16.5. The molecule has 27 heavy (non-hydrogen) atoms. The third kappa shape index (κ3) is 3.94. The fourth-order valence-electron chi connectivity index (χ4n) is 2.83. The monoisotopic (exact) mass is 369 g/mol. The first-order chi connectivity index (χ1) is 13.0. The summed E-state index contributed by atoms with van der Waals surface area (Å²) in [7, 11) is 3.09. The Morgan fingerprint density at radius 1 is 1.15 bits per heavy atom. The number of carbonyl (C=O) groups excluding carboxylic acids is 1. The molecule has 1 amide bonds. The second-order valence-corrected chi connectivity index (χ2v) is 6.02. The van der Waals surface area contributed by atoms with E-state index in [0.29, 0.717) is 29.3 Å². The van der Waals surface area contributed by atoms with Gasteiger partial charge in [0.2, 0.25) is 0 Å². The van der Waals surface area contributed by atoms with Crippen LogP contribution in [0.2, 0.25) is 0 Å². The van der Waals surface area contributed by atoms with E-state index < -0.39 is 0 Å². The Labute approximate surface area is 157 Å². The van der Waals surface area contributed by atoms with Crippen LogP contribution in [0, 0.1) is 6.92 Å². The maximum Gasteiger partial charge on any atom is 0.255 e. The smallest absolute Gasteiger partial charge is 0.255 e. The van der Waals surface area contributed by atoms with Crippen LogP contribution in [0.1, 0.15) is 28.5 Å². The van der Waals surface area contributed by atoms with Gasteiger partial charge in [0.05, 0.1) is 38.8 Å². The number of rotatable bonds is 7. The molecule has 3 rings (SSSR count). The van der Waals surface area contributed by atoms with Crippen molar-refractivity contribution in [1.29, 1.82) is 0 Å². The molecule has 0 unspecified atom stereocenters. The maximum atomic E-state index is 12.5. The molecule has 142 valence electrons. The molecule has 2 aromatic heterocycles. The molecular weight excluding hydrogens is 346 g/mol. The van der Waals surface area contributed by atoms with Crippen molar-refractivity contribution in [1.82, 2.24) is 19.6 Å². The molecule has 8 heteroatoms. The normalized spacial score (nSPS) is 10.7. The lowest BCUT2D eigenvalue weighted by atomic mass is 10.2. The van der Waals surface area contributed by atoms with Crippen molar-refractivity contribution in [3.63, 3.8) is 0 Å². The summed E-state index contributed by atoms with van der Waals surface area (Å²) in [6.45, 7) is 5.52. The van der Waals surface area contributed by atoms with Crippen molar-refractivity contribution in [3.05, 3.63) is 53.6 Å². The Morgan fingerprint density at radius 3 is 2.59 bits per heavy atom. The Bertz CT molecular complexity index is 945. The van der Waals surface area contributed by atoms with Crippen molar-refractivity contribution < 1.29 is 14.3 Å². The maximum absolute atomic E-state index is 12.5. The first kappa shape index (κ1) is 18.5. The van der Waals surface area contributed by atoms with Crippen LogP contribution in [0.5, 0.6) is 11.5 Å². The number of hydrogen-bond acceptors (Lipinski definition) is 5. The van der Waals surface area contributed by atoms with Gasteiger partial charge in [0.15, 0.2) is 11.5 Å². The molecule has 0 bridgehead atoms. The highest BCUT2D eigenvalue weighted by molar-refractivity contribution is 6.04. The average molecular weight is 369 g/mol. The van der Waals surface area contributed by atoms with Gasteiger partial charge in [0, 0.05) is 29.6 Å². The number of anilines is 1. The Kier molecular flexibility index (Phi) is 5.44. The van der Waals surface area contributed by atoms with Gasteiger partial charge in [-0.25, -0.2) is 0 Å². The number of aryl methyl sites for hydroxylation is 1. The summed E-state index contributed by atoms with van der Waals surface area (Å²) >= 11 is 0. The van der Waals surface area contributed by atoms with Gasteiger partial charge in [-0.15, -0.1) is 0 Å². The Morgan fingerprint density at radius 2 is 1.93 bits per heavy atom. The lowest BCUT2D eigenvalue weighted by Gasteiger charge is -2.09. The number of ether oxygens (including phenoxy) is 2. The Balaban J connectivity index is 1.70. The van der Waals surface area contributed by atoms with Crippen molar-refractivity contribution >= 4 is 11.6 Å². The van der Waals surface area contributed by atoms with Gasteiger partial charge in [-0.1, -0.05) is 0 Å². The minimum absolute atomic E-state index is 0.245. The van der Waals surface area contributed by atoms with Gasteiger partial charge in [-0.05, 0) is 32.0 Å². The average Bonchev–Trinajstić information content (AvgIpc) is 3.27. The summed E-state index contributed by atoms with van der Waals surface area (Å²) in [6, 6.07) is 5.02. The van der Waals surface area contributed by atoms with Crippen LogP contribution >= 0.6 is 0 Å². The van der Waals surface area contributed by atoms with Crippen LogP contribution < -0.4 is 14.8 Å². The SMILES string of the molecule is CCn1ncc(Cn2cc(NC(=O)c3ccc(OC)c(OC)c3)cn2)c1C. The van der Waals surface area contributed by atoms with Gasteiger partial charge in [0.25, 0.3) is 5.91 Å². The van der Waals surface area contributed by atoms with E-state index in [0.717, 1.165) is 17.8 Å². The molecule has 0 radical (unpaired) electrons. The molecule has 0 fully saturated rings. The molecule has 0 spiro atoms. The number of nitrogens with zero attached hydrogens (tertiary/aromatic N) is 4. The van der Waals surface area contributed by atoms with Gasteiger partial charge in [0.1, 0.15) is 0 Å². The van der Waals surface area contributed by atoms with E-state index in [9.17, 15) is 4.79 Å². The zero-order chi connectivity index (χ0) is 19.4. The number of nitrogens with one attached hydrogen (secondary N) is 1. The minimum Gasteiger partial charge on any atom is -0.493 e. The van der Waals surface area contributed by atoms with Crippen molar-refractivity contribution in [2.75, 3.05) is 19.5 Å². The molecule has 0 aliphatic carbocycles. The topological polar surface area (TPSA) is 83.2 Å². The second kappa shape index (κ2) is 7.94. The molecule has 2 heterocycles. The lowest BCUT2D eigenvalue weighted by Crippen LogP contribution is -2.11. The fraction of sp³-hybridized carbons (Fsp3) is 0.316. The quantitative estimate of drug-likeness (QED) is 0.692. The first-order valence-corrected chi connectivity index (χ1v) is 8.62. The lowest BCUT2D eigenvalue weighted by molar-refractivity contribution is 0.102. The summed E-state index contributed by atoms with van der Waals surface area (Å²) < 4.78 is 14.1. The summed E-state index contributed by atoms with van der Waals surface area (Å²) in [5.74, 6) is 0.833. The van der Waals surface area contributed by atoms with E-state index in [4.69, 9.17) is 9.47 Å². The van der Waals surface area contributed by atoms with Crippen molar-refractivity contribution in [2.24, 2.45) is 0 Å². The summed E-state index contributed by atoms with van der Waals surface area (Å²) in [6.07, 6.45) is 5.27. The molecule has 0 aliphatic heterocycles. The van der Waals surface area contributed by atoms with Crippen molar-refractivity contribution in [3.8, 4) is 11.5 Å². The first-order valence-electron chi connectivity index (χ1n) is 8.62. The van der Waals surface area contributed by atoms with Gasteiger partial charge in [-0.2, -0.15) is 10.2 Å². The van der Waals surface area contributed by atoms with E-state index >= 15 is 0 Å². The number of amides is 1. The fourth-order valence-corrected chi connectivity index (χ4v) is 2.83. The molecule has 0 aliphatic rings. The largest absolute Gasteiger partial charge is 0.493 e. The van der Waals surface area contributed by atoms with E-state index in [1.54, 1.807) is 42.4 Å². The van der Waals surface area contributed by atoms with Crippen LogP contribution in [-0.2, 0) is 13.1 Å². The number of aromatic nitrogens is 4. The predicted octanol–water partition coefficient (Wildman–Crippen LogP) is 2.73. The van der Waals surface area contributed by atoms with Crippen LogP contribution in [0.15, 0.2) is 36.8 Å². The number of carbonyl (C=O) groups is 1. The second-order valence-electron chi connectivity index (χ2n) is 6.02. The van der Waals surface area contributed by atoms with E-state index in [1.165, 1.54) is 7.11 Å². The molecule has 0 saturated carbocycles. The summed E-state index contributed by atoms with van der Waals surface area (Å²) in [5.41, 5.74) is 3.30. The number of benzene rings is 1. The van der Waals surface area contributed by atoms with Crippen LogP contribution in [-0.4, -0.2) is 39.7 Å². The third-order valence-electron chi connectivity index (χ3n) is 4.37. The standard InChI is InChI=1S/C19H23N5O3/c1-5-24-13(2)15(9-21-24)11-23-12-16(10-20-23)22-19(25)14-6-7-17(26-3)18(8-14)27-4/h6-10,12H,5,11H2,1-4H3,(H,22,25). The van der Waals surface area contributed by atoms with E-state index in [2.05, 4.69) is 22.4 Å². The van der Waals surface area contributed by atoms with E-state index in [1.807, 2.05) is 17.8 Å². The van der Waals surface area contributed by atoms with E-state index in [-0.39, 0.29) is 5.91 Å². The molecule has 1 aromatic carbocycles. The van der Waals surface area contributed by atoms with Crippen LogP contribution in [0.4, 0.5) is 5.69 Å². The van der Waals surface area contributed by atoms with Gasteiger partial charge in [-0.3, -0.25) is 14.2 Å². The van der Waals surface area contributed by atoms with Gasteiger partial charge >= 0.3 is 0 Å². The highest BCUT2D eigenvalue weighted by Crippen LogP contribution is 2.27. The van der Waals surface area contributed by atoms with Crippen molar-refractivity contribution in [2.45, 2.75) is 26.9 Å². The number of hydrogen-bond donors (Lipinski definition) is 1. The zero-order valence-corrected chi connectivity index (χ0v) is 15.9. The molecular formula is C19H23N5O3. The third-order valence-corrected chi connectivity index (χ3v) is 4.37. The molecule has 3 aromatic rings. The highest BCUT2D eigenvalue weighted by Gasteiger charge is 2.12. The van der Waals surface area contributed by atoms with Crippen LogP contribution in [0.3, 0.4) is 0 Å². The molecule has 0 atom stereocenters. The van der Waals surface area contributed by atoms with Gasteiger partial charge < -0.3 is 14.8 Å². The molecule has 1 N–H and O–H groups in total. The molecule has 0 saturated heterocycles. The summed E-state index contributed by atoms with van der Waals surface area (Å²) in [4.78, 5) is 12.5. The summed E-state index contributed by atoms with van der Waals surface area (Å²) in [5, 5.41) is 11.5. The number of methoxy groups -OCH3 is 2. The molecule has 8 nitrogen and oxygen atoms in total. The zero-order valence-electron chi connectivity index (χ0n) is 15.9.